The summed E-state index contributed by atoms with van der Waals surface area (Å²) in [5, 5.41) is 0. The quantitative estimate of drug-likeness (QED) is 0.589. The monoisotopic (exact) mass is 371 g/mol. The number of hydrogen-bond acceptors (Lipinski definition) is 3. The number of ether oxygens (including phenoxy) is 1. The third kappa shape index (κ3) is 4.75. The molecule has 0 radical (unpaired) electrons. The highest BCUT2D eigenvalue weighted by Crippen LogP contribution is 2.24. The minimum Gasteiger partial charge on any atom is -0.371 e. The highest BCUT2D eigenvalue weighted by Gasteiger charge is 2.22. The number of ketones is 1. The molecule has 0 spiro atoms. The predicted octanol–water partition coefficient (Wildman–Crippen LogP) is 4.69. The van der Waals surface area contributed by atoms with Crippen LogP contribution in [-0.2, 0) is 17.7 Å². The Labute approximate surface area is 166 Å². The van der Waals surface area contributed by atoms with E-state index in [2.05, 4.69) is 59.5 Å². The van der Waals surface area contributed by atoms with Gasteiger partial charge in [-0.3, -0.25) is 9.69 Å². The van der Waals surface area contributed by atoms with Gasteiger partial charge in [0.25, 0.3) is 0 Å². The number of Topliss-reactive ketones (excluding diaryl/α,β-unsaturated/α-hetero) is 1. The Kier molecular flexibility index (Phi) is 5.95. The van der Waals surface area contributed by atoms with Crippen LogP contribution in [0.2, 0.25) is 0 Å². The number of morpholine rings is 1. The van der Waals surface area contributed by atoms with Crippen molar-refractivity contribution in [3.63, 3.8) is 0 Å². The molecule has 0 N–H and O–H groups in total. The molecule has 0 aromatic heterocycles. The number of carbonyl (C=O) groups excluding carboxylic acids is 1. The number of nitrogens with zero attached hydrogens (tertiary/aromatic N) is 1. The molecule has 1 aliphatic rings. The van der Waals surface area contributed by atoms with Gasteiger partial charge in [0.1, 0.15) is 0 Å². The molecule has 3 aromatic carbocycles. The molecule has 0 bridgehead atoms. The molecule has 1 saturated heterocycles. The second-order valence-corrected chi connectivity index (χ2v) is 7.29. The van der Waals surface area contributed by atoms with E-state index in [4.69, 9.17) is 4.74 Å². The number of benzene rings is 3. The summed E-state index contributed by atoms with van der Waals surface area (Å²) < 4.78 is 6.01. The molecule has 3 nitrogen and oxygen atoms in total. The largest absolute Gasteiger partial charge is 0.371 e. The molecule has 1 aliphatic heterocycles. The van der Waals surface area contributed by atoms with Crippen LogP contribution in [0.25, 0.3) is 0 Å². The molecule has 0 saturated carbocycles. The molecular formula is C25H25NO2. The van der Waals surface area contributed by atoms with Crippen molar-refractivity contribution in [2.45, 2.75) is 19.1 Å². The topological polar surface area (TPSA) is 29.5 Å². The molecule has 4 rings (SSSR count). The lowest BCUT2D eigenvalue weighted by Crippen LogP contribution is -2.37. The average Bonchev–Trinajstić information content (AvgIpc) is 2.76. The molecule has 28 heavy (non-hydrogen) atoms. The van der Waals surface area contributed by atoms with Crippen molar-refractivity contribution in [3.05, 3.63) is 107 Å². The van der Waals surface area contributed by atoms with Crippen molar-refractivity contribution < 1.29 is 9.53 Å². The fraction of sp³-hybridized carbons (Fsp3) is 0.240. The smallest absolute Gasteiger partial charge is 0.167 e. The van der Waals surface area contributed by atoms with Crippen LogP contribution < -0.4 is 0 Å². The van der Waals surface area contributed by atoms with Gasteiger partial charge < -0.3 is 4.74 Å². The predicted molar refractivity (Wildman–Crippen MR) is 111 cm³/mol. The van der Waals surface area contributed by atoms with E-state index >= 15 is 0 Å². The zero-order valence-corrected chi connectivity index (χ0v) is 16.0. The van der Waals surface area contributed by atoms with E-state index < -0.39 is 0 Å². The van der Waals surface area contributed by atoms with Crippen LogP contribution in [0.15, 0.2) is 84.9 Å². The number of carbonyl (C=O) groups is 1. The molecule has 0 amide bonds. The maximum Gasteiger partial charge on any atom is 0.167 e. The summed E-state index contributed by atoms with van der Waals surface area (Å²) in [6, 6.07) is 28.3. The Balaban J connectivity index is 1.37. The van der Waals surface area contributed by atoms with E-state index in [1.54, 1.807) is 0 Å². The third-order valence-corrected chi connectivity index (χ3v) is 5.21. The normalized spacial score (nSPS) is 17.4. The number of hydrogen-bond donors (Lipinski definition) is 0. The minimum atomic E-state index is 0.0799. The van der Waals surface area contributed by atoms with Crippen LogP contribution in [0.3, 0.4) is 0 Å². The van der Waals surface area contributed by atoms with Gasteiger partial charge in [-0.15, -0.1) is 0 Å². The molecule has 0 aliphatic carbocycles. The molecule has 3 aromatic rings. The van der Waals surface area contributed by atoms with Crippen molar-refractivity contribution in [3.8, 4) is 0 Å². The Morgan fingerprint density at radius 1 is 0.857 bits per heavy atom. The van der Waals surface area contributed by atoms with Gasteiger partial charge in [0.2, 0.25) is 0 Å². The SMILES string of the molecule is O=C(Cc1ccc(C2CN(Cc3ccccc3)CCO2)cc1)c1ccccc1. The van der Waals surface area contributed by atoms with Gasteiger partial charge in [-0.1, -0.05) is 84.9 Å². The maximum absolute atomic E-state index is 12.4. The van der Waals surface area contributed by atoms with Gasteiger partial charge in [0, 0.05) is 31.6 Å². The van der Waals surface area contributed by atoms with Crippen LogP contribution in [0.5, 0.6) is 0 Å². The third-order valence-electron chi connectivity index (χ3n) is 5.21. The van der Waals surface area contributed by atoms with Gasteiger partial charge in [-0.05, 0) is 16.7 Å². The highest BCUT2D eigenvalue weighted by atomic mass is 16.5. The van der Waals surface area contributed by atoms with Gasteiger partial charge in [-0.25, -0.2) is 0 Å². The molecule has 142 valence electrons. The fourth-order valence-electron chi connectivity index (χ4n) is 3.65. The van der Waals surface area contributed by atoms with Crippen molar-refractivity contribution in [2.75, 3.05) is 19.7 Å². The van der Waals surface area contributed by atoms with Crippen molar-refractivity contribution in [2.24, 2.45) is 0 Å². The van der Waals surface area contributed by atoms with E-state index in [0.717, 1.165) is 37.4 Å². The molecule has 1 atom stereocenters. The van der Waals surface area contributed by atoms with E-state index in [1.165, 1.54) is 11.1 Å². The summed E-state index contributed by atoms with van der Waals surface area (Å²) in [7, 11) is 0. The van der Waals surface area contributed by atoms with E-state index in [-0.39, 0.29) is 11.9 Å². The molecule has 1 unspecified atom stereocenters. The lowest BCUT2D eigenvalue weighted by Gasteiger charge is -2.33. The summed E-state index contributed by atoms with van der Waals surface area (Å²) in [5.74, 6) is 0.149. The van der Waals surface area contributed by atoms with E-state index in [0.29, 0.717) is 6.42 Å². The van der Waals surface area contributed by atoms with Gasteiger partial charge in [-0.2, -0.15) is 0 Å². The van der Waals surface area contributed by atoms with Crippen molar-refractivity contribution in [1.29, 1.82) is 0 Å². The summed E-state index contributed by atoms with van der Waals surface area (Å²) in [6.07, 6.45) is 0.506. The molecule has 1 fully saturated rings. The highest BCUT2D eigenvalue weighted by molar-refractivity contribution is 5.97. The zero-order valence-electron chi connectivity index (χ0n) is 16.0. The van der Waals surface area contributed by atoms with Crippen molar-refractivity contribution in [1.82, 2.24) is 4.90 Å². The van der Waals surface area contributed by atoms with Gasteiger partial charge in [0.05, 0.1) is 12.7 Å². The second kappa shape index (κ2) is 8.96. The van der Waals surface area contributed by atoms with Crippen LogP contribution in [-0.4, -0.2) is 30.4 Å². The summed E-state index contributed by atoms with van der Waals surface area (Å²) >= 11 is 0. The van der Waals surface area contributed by atoms with Crippen LogP contribution in [0.4, 0.5) is 0 Å². The van der Waals surface area contributed by atoms with Crippen molar-refractivity contribution >= 4 is 5.78 Å². The van der Waals surface area contributed by atoms with E-state index in [1.807, 2.05) is 30.3 Å². The first-order chi connectivity index (χ1) is 13.8. The summed E-state index contributed by atoms with van der Waals surface area (Å²) in [5.41, 5.74) is 4.31. The first-order valence-electron chi connectivity index (χ1n) is 9.83. The van der Waals surface area contributed by atoms with Gasteiger partial charge in [0.15, 0.2) is 5.78 Å². The Bertz CT molecular complexity index is 891. The van der Waals surface area contributed by atoms with E-state index in [9.17, 15) is 4.79 Å². The zero-order chi connectivity index (χ0) is 19.2. The van der Waals surface area contributed by atoms with Gasteiger partial charge >= 0.3 is 0 Å². The standard InChI is InChI=1S/C25H25NO2/c27-24(22-9-5-2-6-10-22)17-20-11-13-23(14-12-20)25-19-26(15-16-28-25)18-21-7-3-1-4-8-21/h1-14,25H,15-19H2. The summed E-state index contributed by atoms with van der Waals surface area (Å²) in [4.78, 5) is 14.8. The summed E-state index contributed by atoms with van der Waals surface area (Å²) in [6.45, 7) is 3.53. The average molecular weight is 371 g/mol. The second-order valence-electron chi connectivity index (χ2n) is 7.29. The van der Waals surface area contributed by atoms with Crippen LogP contribution in [0.1, 0.15) is 33.2 Å². The Morgan fingerprint density at radius 3 is 2.25 bits per heavy atom. The first-order valence-corrected chi connectivity index (χ1v) is 9.83. The lowest BCUT2D eigenvalue weighted by atomic mass is 10.00. The van der Waals surface area contributed by atoms with Crippen LogP contribution >= 0.6 is 0 Å². The Morgan fingerprint density at radius 2 is 1.54 bits per heavy atom. The Hall–Kier alpha value is -2.75. The molecular weight excluding hydrogens is 346 g/mol. The fourth-order valence-corrected chi connectivity index (χ4v) is 3.65. The molecule has 1 heterocycles. The first kappa shape index (κ1) is 18.6. The lowest BCUT2D eigenvalue weighted by molar-refractivity contribution is -0.0329. The van der Waals surface area contributed by atoms with Crippen LogP contribution in [0, 0.1) is 0 Å². The number of rotatable bonds is 6. The minimum absolute atomic E-state index is 0.0799. The maximum atomic E-state index is 12.4. The molecule has 3 heteroatoms.